The van der Waals surface area contributed by atoms with Gasteiger partial charge in [-0.1, -0.05) is 68.4 Å². The van der Waals surface area contributed by atoms with Gasteiger partial charge in [0.1, 0.15) is 6.04 Å². The number of amides is 1. The smallest absolute Gasteiger partial charge is 0.326 e. The van der Waals surface area contributed by atoms with Crippen LogP contribution in [0, 0.1) is 0 Å². The van der Waals surface area contributed by atoms with Crippen LogP contribution in [0.25, 0.3) is 0 Å². The maximum absolute atomic E-state index is 12.3. The van der Waals surface area contributed by atoms with E-state index in [1.54, 1.807) is 6.08 Å². The molecular formula is C26H38N2O3. The Hall–Kier alpha value is -2.14. The maximum atomic E-state index is 12.3. The van der Waals surface area contributed by atoms with Crippen LogP contribution in [0.2, 0.25) is 0 Å². The van der Waals surface area contributed by atoms with E-state index in [4.69, 9.17) is 0 Å². The van der Waals surface area contributed by atoms with Crippen LogP contribution < -0.4 is 10.6 Å². The minimum absolute atomic E-state index is 0.288. The second-order valence-corrected chi connectivity index (χ2v) is 9.21. The summed E-state index contributed by atoms with van der Waals surface area (Å²) in [5, 5.41) is 15.9. The summed E-state index contributed by atoms with van der Waals surface area (Å²) < 4.78 is 0. The average Bonchev–Trinajstić information content (AvgIpc) is 2.74. The van der Waals surface area contributed by atoms with Gasteiger partial charge in [-0.05, 0) is 49.7 Å². The largest absolute Gasteiger partial charge is 0.480 e. The SMILES string of the molecule is O=C(C=C1CCCCC1)N[C@H](Cc1ccc(CNC2CCCCCCC2)cc1)C(=O)O. The molecule has 31 heavy (non-hydrogen) atoms. The Bertz CT molecular complexity index is 726. The van der Waals surface area contributed by atoms with Gasteiger partial charge in [0, 0.05) is 25.1 Å². The number of nitrogens with one attached hydrogen (secondary N) is 2. The molecule has 0 spiro atoms. The minimum Gasteiger partial charge on any atom is -0.480 e. The highest BCUT2D eigenvalue weighted by atomic mass is 16.4. The van der Waals surface area contributed by atoms with E-state index >= 15 is 0 Å². The molecule has 5 heteroatoms. The molecule has 3 N–H and O–H groups in total. The van der Waals surface area contributed by atoms with Crippen LogP contribution in [0.1, 0.15) is 88.2 Å². The van der Waals surface area contributed by atoms with Crippen LogP contribution in [0.3, 0.4) is 0 Å². The van der Waals surface area contributed by atoms with E-state index < -0.39 is 12.0 Å². The topological polar surface area (TPSA) is 78.4 Å². The number of carboxylic acids is 1. The predicted molar refractivity (Wildman–Crippen MR) is 124 cm³/mol. The van der Waals surface area contributed by atoms with E-state index in [0.29, 0.717) is 12.5 Å². The lowest BCUT2D eigenvalue weighted by atomic mass is 9.94. The molecule has 0 saturated heterocycles. The lowest BCUT2D eigenvalue weighted by Gasteiger charge is -2.21. The van der Waals surface area contributed by atoms with Crippen molar-refractivity contribution >= 4 is 11.9 Å². The summed E-state index contributed by atoms with van der Waals surface area (Å²) in [5.74, 6) is -1.28. The Morgan fingerprint density at radius 3 is 2.13 bits per heavy atom. The Kier molecular flexibility index (Phi) is 9.60. The maximum Gasteiger partial charge on any atom is 0.326 e. The number of allylic oxidation sites excluding steroid dienone is 1. The number of benzene rings is 1. The van der Waals surface area contributed by atoms with E-state index in [-0.39, 0.29) is 5.91 Å². The molecular weight excluding hydrogens is 388 g/mol. The van der Waals surface area contributed by atoms with Gasteiger partial charge in [0.25, 0.3) is 0 Å². The third-order valence-electron chi connectivity index (χ3n) is 6.61. The summed E-state index contributed by atoms with van der Waals surface area (Å²) in [6, 6.07) is 7.79. The summed E-state index contributed by atoms with van der Waals surface area (Å²) in [7, 11) is 0. The highest BCUT2D eigenvalue weighted by Crippen LogP contribution is 2.22. The molecule has 0 radical (unpaired) electrons. The first kappa shape index (κ1) is 23.5. The van der Waals surface area contributed by atoms with Crippen molar-refractivity contribution in [3.8, 4) is 0 Å². The van der Waals surface area contributed by atoms with Gasteiger partial charge in [0.05, 0.1) is 0 Å². The molecule has 1 aromatic carbocycles. The van der Waals surface area contributed by atoms with Crippen molar-refractivity contribution < 1.29 is 14.7 Å². The van der Waals surface area contributed by atoms with Crippen LogP contribution in [-0.2, 0) is 22.6 Å². The molecule has 1 atom stereocenters. The molecule has 0 heterocycles. The standard InChI is InChI=1S/C26H38N2O3/c29-25(18-20-9-5-4-6-10-20)28-24(26(30)31)17-21-13-15-22(16-14-21)19-27-23-11-7-2-1-3-8-12-23/h13-16,18,23-24,27H,1-12,17,19H2,(H,28,29)(H,30,31)/t24-/m1/s1. The fourth-order valence-electron chi connectivity index (χ4n) is 4.70. The third-order valence-corrected chi connectivity index (χ3v) is 6.61. The zero-order valence-electron chi connectivity index (χ0n) is 18.7. The van der Waals surface area contributed by atoms with Crippen molar-refractivity contribution in [2.45, 2.75) is 102 Å². The second-order valence-electron chi connectivity index (χ2n) is 9.21. The van der Waals surface area contributed by atoms with Crippen molar-refractivity contribution in [3.05, 3.63) is 47.0 Å². The number of hydrogen-bond acceptors (Lipinski definition) is 3. The zero-order valence-corrected chi connectivity index (χ0v) is 18.7. The molecule has 2 fully saturated rings. The molecule has 0 aliphatic heterocycles. The molecule has 0 unspecified atom stereocenters. The minimum atomic E-state index is -0.995. The molecule has 2 aliphatic rings. The molecule has 1 amide bonds. The lowest BCUT2D eigenvalue weighted by Crippen LogP contribution is -2.41. The Balaban J connectivity index is 1.49. The molecule has 5 nitrogen and oxygen atoms in total. The van der Waals surface area contributed by atoms with Crippen LogP contribution in [0.5, 0.6) is 0 Å². The van der Waals surface area contributed by atoms with Gasteiger partial charge in [-0.15, -0.1) is 0 Å². The number of rotatable bonds is 8. The number of carbonyl (C=O) groups is 2. The fourth-order valence-corrected chi connectivity index (χ4v) is 4.70. The molecule has 3 rings (SSSR count). The molecule has 170 valence electrons. The molecule has 2 aliphatic carbocycles. The van der Waals surface area contributed by atoms with Crippen LogP contribution >= 0.6 is 0 Å². The van der Waals surface area contributed by atoms with Gasteiger partial charge in [-0.25, -0.2) is 4.79 Å². The van der Waals surface area contributed by atoms with Gasteiger partial charge < -0.3 is 15.7 Å². The van der Waals surface area contributed by atoms with E-state index in [1.807, 2.05) is 12.1 Å². The number of aliphatic carboxylic acids is 1. The highest BCUT2D eigenvalue weighted by molar-refractivity contribution is 5.91. The Morgan fingerprint density at radius 1 is 0.903 bits per heavy atom. The molecule has 0 aromatic heterocycles. The van der Waals surface area contributed by atoms with Crippen molar-refractivity contribution in [3.63, 3.8) is 0 Å². The first-order valence-corrected chi connectivity index (χ1v) is 12.1. The number of carbonyl (C=O) groups excluding carboxylic acids is 1. The Morgan fingerprint density at radius 2 is 1.48 bits per heavy atom. The summed E-state index contributed by atoms with van der Waals surface area (Å²) in [5.41, 5.74) is 3.27. The number of hydrogen-bond donors (Lipinski definition) is 3. The van der Waals surface area contributed by atoms with Gasteiger partial charge in [0.2, 0.25) is 5.91 Å². The van der Waals surface area contributed by atoms with Gasteiger partial charge in [-0.3, -0.25) is 4.79 Å². The second kappa shape index (κ2) is 12.7. The first-order valence-electron chi connectivity index (χ1n) is 12.1. The quantitative estimate of drug-likeness (QED) is 0.517. The fraction of sp³-hybridized carbons (Fsp3) is 0.615. The van der Waals surface area contributed by atoms with Crippen molar-refractivity contribution in [2.24, 2.45) is 0 Å². The number of carboxylic acid groups (broad SMARTS) is 1. The predicted octanol–water partition coefficient (Wildman–Crippen LogP) is 4.89. The van der Waals surface area contributed by atoms with E-state index in [0.717, 1.165) is 43.4 Å². The average molecular weight is 427 g/mol. The van der Waals surface area contributed by atoms with Gasteiger partial charge in [0.15, 0.2) is 0 Å². The highest BCUT2D eigenvalue weighted by Gasteiger charge is 2.20. The van der Waals surface area contributed by atoms with Crippen LogP contribution in [0.4, 0.5) is 0 Å². The van der Waals surface area contributed by atoms with Crippen molar-refractivity contribution in [1.29, 1.82) is 0 Å². The lowest BCUT2D eigenvalue weighted by molar-refractivity contribution is -0.141. The van der Waals surface area contributed by atoms with Gasteiger partial charge in [-0.2, -0.15) is 0 Å². The summed E-state index contributed by atoms with van der Waals surface area (Å²) in [6.45, 7) is 0.845. The van der Waals surface area contributed by atoms with Crippen LogP contribution in [-0.4, -0.2) is 29.1 Å². The zero-order chi connectivity index (χ0) is 21.9. The first-order chi connectivity index (χ1) is 15.1. The van der Waals surface area contributed by atoms with E-state index in [1.165, 1.54) is 56.9 Å². The third kappa shape index (κ3) is 8.48. The van der Waals surface area contributed by atoms with E-state index in [9.17, 15) is 14.7 Å². The van der Waals surface area contributed by atoms with E-state index in [2.05, 4.69) is 22.8 Å². The summed E-state index contributed by atoms with van der Waals surface area (Å²) in [4.78, 5) is 24.0. The van der Waals surface area contributed by atoms with Gasteiger partial charge >= 0.3 is 5.97 Å². The monoisotopic (exact) mass is 426 g/mol. The van der Waals surface area contributed by atoms with Crippen molar-refractivity contribution in [2.75, 3.05) is 0 Å². The molecule has 0 bridgehead atoms. The molecule has 2 saturated carbocycles. The normalized spacial score (nSPS) is 19.2. The summed E-state index contributed by atoms with van der Waals surface area (Å²) >= 11 is 0. The summed E-state index contributed by atoms with van der Waals surface area (Å²) in [6.07, 6.45) is 16.5. The molecule has 1 aromatic rings. The van der Waals surface area contributed by atoms with Crippen molar-refractivity contribution in [1.82, 2.24) is 10.6 Å². The Labute approximate surface area is 186 Å². The van der Waals surface area contributed by atoms with Crippen LogP contribution in [0.15, 0.2) is 35.9 Å².